The lowest BCUT2D eigenvalue weighted by Gasteiger charge is -2.43. The van der Waals surface area contributed by atoms with Crippen LogP contribution in [0.2, 0.25) is 0 Å². The lowest BCUT2D eigenvalue weighted by molar-refractivity contribution is -0.0346. The summed E-state index contributed by atoms with van der Waals surface area (Å²) < 4.78 is 11.5. The zero-order chi connectivity index (χ0) is 12.6. The van der Waals surface area contributed by atoms with E-state index in [9.17, 15) is 5.11 Å². The Kier molecular flexibility index (Phi) is 2.92. The van der Waals surface area contributed by atoms with Gasteiger partial charge in [0.25, 0.3) is 0 Å². The summed E-state index contributed by atoms with van der Waals surface area (Å²) in [5.74, 6) is 1.48. The molecule has 3 rings (SSSR count). The van der Waals surface area contributed by atoms with Gasteiger partial charge in [0.1, 0.15) is 17.1 Å². The van der Waals surface area contributed by atoms with Crippen molar-refractivity contribution in [2.75, 3.05) is 20.2 Å². The molecule has 0 aromatic heterocycles. The lowest BCUT2D eigenvalue weighted by Crippen LogP contribution is -2.49. The summed E-state index contributed by atoms with van der Waals surface area (Å²) in [6.07, 6.45) is 2.05. The van der Waals surface area contributed by atoms with E-state index in [2.05, 4.69) is 5.32 Å². The Labute approximate surface area is 107 Å². The normalized spacial score (nSPS) is 25.3. The van der Waals surface area contributed by atoms with E-state index in [-0.39, 0.29) is 5.60 Å². The molecule has 1 aromatic rings. The second kappa shape index (κ2) is 4.44. The number of fused-ring (bicyclic) bond motifs is 1. The highest BCUT2D eigenvalue weighted by Crippen LogP contribution is 2.46. The first-order chi connectivity index (χ1) is 8.74. The number of nitrogens with one attached hydrogen (secondary N) is 1. The third kappa shape index (κ3) is 1.85. The smallest absolute Gasteiger partial charge is 0.129 e. The number of rotatable bonds is 1. The van der Waals surface area contributed by atoms with Crippen LogP contribution < -0.4 is 14.8 Å². The van der Waals surface area contributed by atoms with Crippen LogP contribution in [0.1, 0.15) is 30.9 Å². The number of hydrogen-bond acceptors (Lipinski definition) is 4. The standard InChI is InChI=1S/C14H19NO3/c1-17-11-3-2-4-12-13(11)10(16)9-14(18-12)5-7-15-8-6-14/h2-4,10,15-16H,5-9H2,1H3. The van der Waals surface area contributed by atoms with Crippen molar-refractivity contribution in [3.8, 4) is 11.5 Å². The van der Waals surface area contributed by atoms with Crippen molar-refractivity contribution in [1.29, 1.82) is 0 Å². The van der Waals surface area contributed by atoms with E-state index in [4.69, 9.17) is 9.47 Å². The summed E-state index contributed by atoms with van der Waals surface area (Å²) in [5, 5.41) is 13.7. The number of aliphatic hydroxyl groups is 1. The van der Waals surface area contributed by atoms with E-state index in [1.54, 1.807) is 7.11 Å². The summed E-state index contributed by atoms with van der Waals surface area (Å²) in [7, 11) is 1.62. The Morgan fingerprint density at radius 2 is 2.17 bits per heavy atom. The predicted octanol–water partition coefficient (Wildman–Crippen LogP) is 1.63. The molecular weight excluding hydrogens is 230 g/mol. The van der Waals surface area contributed by atoms with Gasteiger partial charge in [0.15, 0.2) is 0 Å². The summed E-state index contributed by atoms with van der Waals surface area (Å²) >= 11 is 0. The molecule has 2 aliphatic heterocycles. The van der Waals surface area contributed by atoms with Crippen LogP contribution in [-0.4, -0.2) is 30.9 Å². The molecule has 98 valence electrons. The number of ether oxygens (including phenoxy) is 2. The maximum absolute atomic E-state index is 10.4. The number of aliphatic hydroxyl groups excluding tert-OH is 1. The summed E-state index contributed by atoms with van der Waals surface area (Å²) in [6, 6.07) is 5.69. The van der Waals surface area contributed by atoms with Crippen molar-refractivity contribution >= 4 is 0 Å². The average molecular weight is 249 g/mol. The fourth-order valence-electron chi connectivity index (χ4n) is 3.04. The van der Waals surface area contributed by atoms with Crippen LogP contribution in [0, 0.1) is 0 Å². The van der Waals surface area contributed by atoms with E-state index >= 15 is 0 Å². The number of methoxy groups -OCH3 is 1. The fourth-order valence-corrected chi connectivity index (χ4v) is 3.04. The first kappa shape index (κ1) is 11.8. The SMILES string of the molecule is COc1cccc2c1C(O)CC1(CCNCC1)O2. The molecule has 4 heteroatoms. The predicted molar refractivity (Wildman–Crippen MR) is 68.0 cm³/mol. The molecule has 0 amide bonds. The molecule has 1 saturated heterocycles. The Morgan fingerprint density at radius 1 is 1.39 bits per heavy atom. The van der Waals surface area contributed by atoms with Crippen molar-refractivity contribution in [1.82, 2.24) is 5.32 Å². The van der Waals surface area contributed by atoms with E-state index in [1.807, 2.05) is 18.2 Å². The minimum Gasteiger partial charge on any atom is -0.496 e. The van der Waals surface area contributed by atoms with Gasteiger partial charge in [0.05, 0.1) is 18.8 Å². The van der Waals surface area contributed by atoms with E-state index < -0.39 is 6.10 Å². The minimum atomic E-state index is -0.497. The topological polar surface area (TPSA) is 50.7 Å². The van der Waals surface area contributed by atoms with Crippen LogP contribution in [0.5, 0.6) is 11.5 Å². The lowest BCUT2D eigenvalue weighted by atomic mass is 9.82. The molecular formula is C14H19NO3. The number of benzene rings is 1. The molecule has 2 heterocycles. The van der Waals surface area contributed by atoms with Gasteiger partial charge in [0, 0.05) is 6.42 Å². The van der Waals surface area contributed by atoms with Crippen molar-refractivity contribution in [2.45, 2.75) is 31.0 Å². The van der Waals surface area contributed by atoms with Crippen LogP contribution in [0.25, 0.3) is 0 Å². The summed E-state index contributed by atoms with van der Waals surface area (Å²) in [6.45, 7) is 1.90. The molecule has 1 atom stereocenters. The summed E-state index contributed by atoms with van der Waals surface area (Å²) in [4.78, 5) is 0. The van der Waals surface area contributed by atoms with Gasteiger partial charge in [-0.15, -0.1) is 0 Å². The third-order valence-electron chi connectivity index (χ3n) is 3.99. The van der Waals surface area contributed by atoms with Crippen LogP contribution in [0.3, 0.4) is 0 Å². The van der Waals surface area contributed by atoms with Crippen molar-refractivity contribution in [2.24, 2.45) is 0 Å². The average Bonchev–Trinajstić information content (AvgIpc) is 2.38. The first-order valence-electron chi connectivity index (χ1n) is 6.49. The molecule has 1 spiro atoms. The fraction of sp³-hybridized carbons (Fsp3) is 0.571. The molecule has 0 aliphatic carbocycles. The Bertz CT molecular complexity index is 441. The van der Waals surface area contributed by atoms with Crippen molar-refractivity contribution < 1.29 is 14.6 Å². The molecule has 1 aromatic carbocycles. The van der Waals surface area contributed by atoms with E-state index in [0.717, 1.165) is 37.2 Å². The molecule has 2 N–H and O–H groups in total. The van der Waals surface area contributed by atoms with Gasteiger partial charge in [0.2, 0.25) is 0 Å². The highest BCUT2D eigenvalue weighted by molar-refractivity contribution is 5.48. The monoisotopic (exact) mass is 249 g/mol. The van der Waals surface area contributed by atoms with Crippen molar-refractivity contribution in [3.63, 3.8) is 0 Å². The van der Waals surface area contributed by atoms with E-state index in [1.165, 1.54) is 0 Å². The summed E-state index contributed by atoms with van der Waals surface area (Å²) in [5.41, 5.74) is 0.591. The van der Waals surface area contributed by atoms with Crippen LogP contribution in [-0.2, 0) is 0 Å². The highest BCUT2D eigenvalue weighted by atomic mass is 16.5. The second-order valence-corrected chi connectivity index (χ2v) is 5.13. The first-order valence-corrected chi connectivity index (χ1v) is 6.49. The van der Waals surface area contributed by atoms with E-state index in [0.29, 0.717) is 12.2 Å². The maximum atomic E-state index is 10.4. The molecule has 18 heavy (non-hydrogen) atoms. The molecule has 2 aliphatic rings. The molecule has 4 nitrogen and oxygen atoms in total. The quantitative estimate of drug-likeness (QED) is 0.794. The van der Waals surface area contributed by atoms with Crippen LogP contribution in [0.15, 0.2) is 18.2 Å². The van der Waals surface area contributed by atoms with Crippen LogP contribution in [0.4, 0.5) is 0 Å². The Morgan fingerprint density at radius 3 is 2.89 bits per heavy atom. The molecule has 0 radical (unpaired) electrons. The highest BCUT2D eigenvalue weighted by Gasteiger charge is 2.42. The number of hydrogen-bond donors (Lipinski definition) is 2. The zero-order valence-electron chi connectivity index (χ0n) is 10.6. The van der Waals surface area contributed by atoms with Crippen LogP contribution >= 0.6 is 0 Å². The molecule has 0 bridgehead atoms. The molecule has 1 unspecified atom stereocenters. The van der Waals surface area contributed by atoms with Gasteiger partial charge >= 0.3 is 0 Å². The number of piperidine rings is 1. The van der Waals surface area contributed by atoms with Gasteiger partial charge in [-0.25, -0.2) is 0 Å². The molecule has 1 fully saturated rings. The van der Waals surface area contributed by atoms with Gasteiger partial charge in [-0.3, -0.25) is 0 Å². The maximum Gasteiger partial charge on any atom is 0.129 e. The zero-order valence-corrected chi connectivity index (χ0v) is 10.6. The van der Waals surface area contributed by atoms with Gasteiger partial charge in [-0.1, -0.05) is 6.07 Å². The van der Waals surface area contributed by atoms with Gasteiger partial charge < -0.3 is 19.9 Å². The third-order valence-corrected chi connectivity index (χ3v) is 3.99. The molecule has 0 saturated carbocycles. The Balaban J connectivity index is 1.97. The minimum absolute atomic E-state index is 0.204. The van der Waals surface area contributed by atoms with Gasteiger partial charge in [-0.2, -0.15) is 0 Å². The second-order valence-electron chi connectivity index (χ2n) is 5.13. The largest absolute Gasteiger partial charge is 0.496 e. The Hall–Kier alpha value is -1.26. The van der Waals surface area contributed by atoms with Gasteiger partial charge in [-0.05, 0) is 38.1 Å². The van der Waals surface area contributed by atoms with Crippen molar-refractivity contribution in [3.05, 3.63) is 23.8 Å².